The first-order valence-electron chi connectivity index (χ1n) is 5.34. The first-order valence-corrected chi connectivity index (χ1v) is 5.72. The highest BCUT2D eigenvalue weighted by Crippen LogP contribution is 2.35. The molecule has 1 aliphatic rings. The molecule has 1 heterocycles. The quantitative estimate of drug-likeness (QED) is 0.861. The van der Waals surface area contributed by atoms with E-state index in [0.717, 1.165) is 12.0 Å². The van der Waals surface area contributed by atoms with Crippen LogP contribution in [0, 0.1) is 0 Å². The van der Waals surface area contributed by atoms with Crippen LogP contribution in [0.1, 0.15) is 29.8 Å². The molecular formula is C12H14ClNO2. The smallest absolute Gasteiger partial charge is 0.251 e. The number of carbonyl (C=O) groups excluding carboxylic acids is 1. The lowest BCUT2D eigenvalue weighted by molar-refractivity contribution is 0.0942. The van der Waals surface area contributed by atoms with Crippen molar-refractivity contribution in [2.45, 2.75) is 26.3 Å². The van der Waals surface area contributed by atoms with Gasteiger partial charge in [-0.05, 0) is 26.0 Å². The molecule has 0 aliphatic carbocycles. The Morgan fingerprint density at radius 1 is 1.50 bits per heavy atom. The fourth-order valence-electron chi connectivity index (χ4n) is 1.81. The van der Waals surface area contributed by atoms with E-state index in [1.165, 1.54) is 0 Å². The van der Waals surface area contributed by atoms with Crippen molar-refractivity contribution in [2.24, 2.45) is 0 Å². The molecule has 0 spiro atoms. The van der Waals surface area contributed by atoms with Gasteiger partial charge in [0.1, 0.15) is 5.75 Å². The van der Waals surface area contributed by atoms with E-state index in [1.54, 1.807) is 12.1 Å². The second-order valence-electron chi connectivity index (χ2n) is 4.13. The number of rotatable bonds is 2. The Labute approximate surface area is 99.7 Å². The zero-order valence-electron chi connectivity index (χ0n) is 9.34. The molecule has 0 bridgehead atoms. The Bertz CT molecular complexity index is 429. The van der Waals surface area contributed by atoms with E-state index in [0.29, 0.717) is 22.9 Å². The summed E-state index contributed by atoms with van der Waals surface area (Å²) < 4.78 is 5.41. The third-order valence-corrected chi connectivity index (χ3v) is 2.77. The molecule has 86 valence electrons. The number of hydrogen-bond acceptors (Lipinski definition) is 2. The molecule has 0 fully saturated rings. The molecule has 4 heteroatoms. The van der Waals surface area contributed by atoms with Crippen LogP contribution in [0.5, 0.6) is 5.75 Å². The fourth-order valence-corrected chi connectivity index (χ4v) is 2.04. The van der Waals surface area contributed by atoms with Crippen molar-refractivity contribution in [3.05, 3.63) is 28.3 Å². The van der Waals surface area contributed by atoms with E-state index in [4.69, 9.17) is 16.3 Å². The van der Waals surface area contributed by atoms with Crippen molar-refractivity contribution < 1.29 is 9.53 Å². The Hall–Kier alpha value is -1.22. The summed E-state index contributed by atoms with van der Waals surface area (Å²) in [5.41, 5.74) is 1.59. The minimum Gasteiger partial charge on any atom is -0.491 e. The molecule has 1 amide bonds. The van der Waals surface area contributed by atoms with Gasteiger partial charge in [-0.25, -0.2) is 0 Å². The van der Waals surface area contributed by atoms with Crippen LogP contribution in [-0.2, 0) is 6.42 Å². The zero-order valence-corrected chi connectivity index (χ0v) is 10.1. The Balaban J connectivity index is 2.36. The van der Waals surface area contributed by atoms with Gasteiger partial charge in [-0.2, -0.15) is 0 Å². The van der Waals surface area contributed by atoms with Gasteiger partial charge in [0, 0.05) is 23.6 Å². The largest absolute Gasteiger partial charge is 0.491 e. The van der Waals surface area contributed by atoms with Crippen molar-refractivity contribution in [3.63, 3.8) is 0 Å². The van der Waals surface area contributed by atoms with Crippen LogP contribution in [-0.4, -0.2) is 18.6 Å². The lowest BCUT2D eigenvalue weighted by atomic mass is 10.0. The Kier molecular flexibility index (Phi) is 3.06. The van der Waals surface area contributed by atoms with Crippen molar-refractivity contribution in [1.82, 2.24) is 5.32 Å². The minimum absolute atomic E-state index is 0.0617. The maximum atomic E-state index is 11.9. The maximum absolute atomic E-state index is 11.9. The Morgan fingerprint density at radius 3 is 2.94 bits per heavy atom. The average Bonchev–Trinajstić information content (AvgIpc) is 2.66. The molecule has 0 unspecified atom stereocenters. The molecule has 1 aromatic carbocycles. The summed E-state index contributed by atoms with van der Waals surface area (Å²) in [6.07, 6.45) is 0.747. The highest BCUT2D eigenvalue weighted by Gasteiger charge is 2.22. The second-order valence-corrected chi connectivity index (χ2v) is 4.54. The predicted molar refractivity (Wildman–Crippen MR) is 63.3 cm³/mol. The predicted octanol–water partition coefficient (Wildman–Crippen LogP) is 2.41. The van der Waals surface area contributed by atoms with Gasteiger partial charge in [-0.3, -0.25) is 4.79 Å². The molecule has 0 atom stereocenters. The molecule has 0 saturated heterocycles. The van der Waals surface area contributed by atoms with Gasteiger partial charge in [0.15, 0.2) is 0 Å². The SMILES string of the molecule is CC(C)NC(=O)c1ccc(Cl)c2c1CCO2. The van der Waals surface area contributed by atoms with E-state index < -0.39 is 0 Å². The topological polar surface area (TPSA) is 38.3 Å². The average molecular weight is 240 g/mol. The van der Waals surface area contributed by atoms with Crippen molar-refractivity contribution in [3.8, 4) is 5.75 Å². The van der Waals surface area contributed by atoms with E-state index in [9.17, 15) is 4.79 Å². The summed E-state index contributed by atoms with van der Waals surface area (Å²) >= 11 is 6.00. The first-order chi connectivity index (χ1) is 7.59. The molecule has 0 aromatic heterocycles. The summed E-state index contributed by atoms with van der Waals surface area (Å²) in [6, 6.07) is 3.59. The highest BCUT2D eigenvalue weighted by atomic mass is 35.5. The van der Waals surface area contributed by atoms with Crippen molar-refractivity contribution in [1.29, 1.82) is 0 Å². The lowest BCUT2D eigenvalue weighted by Crippen LogP contribution is -2.30. The van der Waals surface area contributed by atoms with E-state index in [1.807, 2.05) is 13.8 Å². The van der Waals surface area contributed by atoms with Gasteiger partial charge in [-0.15, -0.1) is 0 Å². The molecule has 1 aromatic rings. The van der Waals surface area contributed by atoms with E-state index >= 15 is 0 Å². The normalized spacial score (nSPS) is 13.5. The van der Waals surface area contributed by atoms with Crippen LogP contribution in [0.4, 0.5) is 0 Å². The maximum Gasteiger partial charge on any atom is 0.251 e. The third-order valence-electron chi connectivity index (χ3n) is 2.48. The van der Waals surface area contributed by atoms with E-state index in [-0.39, 0.29) is 11.9 Å². The minimum atomic E-state index is -0.0617. The number of carbonyl (C=O) groups is 1. The van der Waals surface area contributed by atoms with Crippen LogP contribution in [0.15, 0.2) is 12.1 Å². The molecule has 1 aliphatic heterocycles. The summed E-state index contributed by atoms with van der Waals surface area (Å²) in [7, 11) is 0. The van der Waals surface area contributed by atoms with Gasteiger partial charge in [0.2, 0.25) is 0 Å². The number of fused-ring (bicyclic) bond motifs is 1. The molecular weight excluding hydrogens is 226 g/mol. The number of nitrogens with one attached hydrogen (secondary N) is 1. The van der Waals surface area contributed by atoms with Gasteiger partial charge in [-0.1, -0.05) is 11.6 Å². The van der Waals surface area contributed by atoms with Gasteiger partial charge in [0.05, 0.1) is 11.6 Å². The molecule has 2 rings (SSSR count). The van der Waals surface area contributed by atoms with Crippen LogP contribution >= 0.6 is 11.6 Å². The lowest BCUT2D eigenvalue weighted by Gasteiger charge is -2.11. The molecule has 0 radical (unpaired) electrons. The highest BCUT2D eigenvalue weighted by molar-refractivity contribution is 6.32. The van der Waals surface area contributed by atoms with Crippen LogP contribution in [0.3, 0.4) is 0 Å². The van der Waals surface area contributed by atoms with Gasteiger partial charge >= 0.3 is 0 Å². The Morgan fingerprint density at radius 2 is 2.25 bits per heavy atom. The number of ether oxygens (including phenoxy) is 1. The van der Waals surface area contributed by atoms with Crippen LogP contribution < -0.4 is 10.1 Å². The number of halogens is 1. The van der Waals surface area contributed by atoms with Crippen LogP contribution in [0.25, 0.3) is 0 Å². The standard InChI is InChI=1S/C12H14ClNO2/c1-7(2)14-12(15)9-3-4-10(13)11-8(9)5-6-16-11/h3-4,7H,5-6H2,1-2H3,(H,14,15). The summed E-state index contributed by atoms with van der Waals surface area (Å²) in [6.45, 7) is 4.47. The van der Waals surface area contributed by atoms with Gasteiger partial charge < -0.3 is 10.1 Å². The second kappa shape index (κ2) is 4.34. The van der Waals surface area contributed by atoms with E-state index in [2.05, 4.69) is 5.32 Å². The van der Waals surface area contributed by atoms with Crippen LogP contribution in [0.2, 0.25) is 5.02 Å². The third kappa shape index (κ3) is 2.00. The molecule has 16 heavy (non-hydrogen) atoms. The summed E-state index contributed by atoms with van der Waals surface area (Å²) in [5, 5.41) is 3.45. The fraction of sp³-hybridized carbons (Fsp3) is 0.417. The first kappa shape index (κ1) is 11.3. The molecule has 1 N–H and O–H groups in total. The molecule has 3 nitrogen and oxygen atoms in total. The summed E-state index contributed by atoms with van der Waals surface area (Å²) in [4.78, 5) is 11.9. The monoisotopic (exact) mass is 239 g/mol. The summed E-state index contributed by atoms with van der Waals surface area (Å²) in [5.74, 6) is 0.603. The van der Waals surface area contributed by atoms with Crippen molar-refractivity contribution >= 4 is 17.5 Å². The van der Waals surface area contributed by atoms with Gasteiger partial charge in [0.25, 0.3) is 5.91 Å². The number of amides is 1. The zero-order chi connectivity index (χ0) is 11.7. The molecule has 0 saturated carbocycles. The van der Waals surface area contributed by atoms with Crippen molar-refractivity contribution in [2.75, 3.05) is 6.61 Å². The number of hydrogen-bond donors (Lipinski definition) is 1. The number of benzene rings is 1.